The van der Waals surface area contributed by atoms with Crippen molar-refractivity contribution >= 4 is 16.0 Å². The Balaban J connectivity index is 1.52. The first-order chi connectivity index (χ1) is 16.4. The second-order valence-corrected chi connectivity index (χ2v) is 12.5. The summed E-state index contributed by atoms with van der Waals surface area (Å²) in [6.07, 6.45) is 2.60. The smallest absolute Gasteiger partial charge is 0.303 e. The predicted octanol–water partition coefficient (Wildman–Crippen LogP) is 3.17. The van der Waals surface area contributed by atoms with Crippen molar-refractivity contribution < 1.29 is 23.4 Å². The lowest BCUT2D eigenvalue weighted by molar-refractivity contribution is -0.136. The summed E-state index contributed by atoms with van der Waals surface area (Å²) in [5.74, 6) is -0.336. The molecule has 0 amide bonds. The van der Waals surface area contributed by atoms with E-state index in [4.69, 9.17) is 5.11 Å². The normalized spacial score (nSPS) is 15.4. The summed E-state index contributed by atoms with van der Waals surface area (Å²) in [5, 5.41) is 22.9. The first-order valence-electron chi connectivity index (χ1n) is 12.1. The molecule has 7 nitrogen and oxygen atoms in total. The van der Waals surface area contributed by atoms with Crippen LogP contribution in [-0.2, 0) is 34.1 Å². The Morgan fingerprint density at radius 2 is 1.80 bits per heavy atom. The van der Waals surface area contributed by atoms with Crippen LogP contribution >= 0.6 is 0 Å². The highest BCUT2D eigenvalue weighted by Crippen LogP contribution is 2.31. The van der Waals surface area contributed by atoms with Crippen molar-refractivity contribution in [2.75, 3.05) is 20.1 Å². The number of nitrogens with one attached hydrogen (secondary N) is 1. The quantitative estimate of drug-likeness (QED) is 0.412. The van der Waals surface area contributed by atoms with Crippen LogP contribution in [0.4, 0.5) is 0 Å². The van der Waals surface area contributed by atoms with Crippen LogP contribution < -0.4 is 5.32 Å². The van der Waals surface area contributed by atoms with Gasteiger partial charge in [-0.05, 0) is 86.8 Å². The van der Waals surface area contributed by atoms with Crippen LogP contribution in [0.2, 0.25) is 0 Å². The van der Waals surface area contributed by atoms with E-state index in [2.05, 4.69) is 43.4 Å². The highest BCUT2D eigenvalue weighted by Gasteiger charge is 2.29. The fourth-order valence-electron chi connectivity index (χ4n) is 4.97. The maximum Gasteiger partial charge on any atom is 0.303 e. The van der Waals surface area contributed by atoms with Crippen LogP contribution in [0, 0.1) is 12.8 Å². The van der Waals surface area contributed by atoms with Gasteiger partial charge in [0.1, 0.15) is 0 Å². The maximum absolute atomic E-state index is 13.0. The van der Waals surface area contributed by atoms with Gasteiger partial charge in [-0.15, -0.1) is 0 Å². The number of hydrogen-bond donors (Lipinski definition) is 3. The number of nitrogens with zero attached hydrogens (tertiary/aromatic N) is 1. The number of likely N-dealkylation sites (N-methyl/N-ethyl adjacent to an activating group) is 1. The minimum atomic E-state index is -3.78. The SMILES string of the molecule is Cc1cc(S(=O)(=O)N(C)C[C@H](O)CNC(C)(C)CC2Cc3ccccc3C2)ccc1CCC(=O)O. The molecule has 1 aliphatic rings. The lowest BCUT2D eigenvalue weighted by Crippen LogP contribution is -2.47. The zero-order valence-corrected chi connectivity index (χ0v) is 21.9. The second-order valence-electron chi connectivity index (χ2n) is 10.4. The third-order valence-corrected chi connectivity index (χ3v) is 8.67. The minimum Gasteiger partial charge on any atom is -0.481 e. The topological polar surface area (TPSA) is 107 Å². The number of aryl methyl sites for hydroxylation is 2. The Hall–Kier alpha value is -2.26. The molecule has 0 unspecified atom stereocenters. The Morgan fingerprint density at radius 1 is 1.17 bits per heavy atom. The molecule has 0 fully saturated rings. The van der Waals surface area contributed by atoms with Crippen LogP contribution in [-0.4, -0.2) is 60.7 Å². The summed E-state index contributed by atoms with van der Waals surface area (Å²) in [7, 11) is -2.31. The van der Waals surface area contributed by atoms with Gasteiger partial charge in [-0.3, -0.25) is 4.79 Å². The van der Waals surface area contributed by atoms with Crippen molar-refractivity contribution in [3.8, 4) is 0 Å². The van der Waals surface area contributed by atoms with E-state index < -0.39 is 22.1 Å². The van der Waals surface area contributed by atoms with E-state index in [1.165, 1.54) is 28.5 Å². The number of sulfonamides is 1. The Labute approximate surface area is 209 Å². The number of carboxylic acids is 1. The molecular weight excluding hydrogens is 464 g/mol. The summed E-state index contributed by atoms with van der Waals surface area (Å²) in [5.41, 5.74) is 4.20. The first kappa shape index (κ1) is 27.3. The van der Waals surface area contributed by atoms with Crippen molar-refractivity contribution in [3.63, 3.8) is 0 Å². The van der Waals surface area contributed by atoms with E-state index in [0.29, 0.717) is 18.9 Å². The van der Waals surface area contributed by atoms with E-state index in [1.54, 1.807) is 19.1 Å². The summed E-state index contributed by atoms with van der Waals surface area (Å²) in [4.78, 5) is 11.0. The fraction of sp³-hybridized carbons (Fsp3) is 0.519. The molecule has 3 N–H and O–H groups in total. The second kappa shape index (κ2) is 11.2. The average molecular weight is 503 g/mol. The van der Waals surface area contributed by atoms with Crippen LogP contribution in [0.3, 0.4) is 0 Å². The number of aliphatic carboxylic acids is 1. The van der Waals surface area contributed by atoms with Crippen molar-refractivity contribution in [1.82, 2.24) is 9.62 Å². The van der Waals surface area contributed by atoms with E-state index in [0.717, 1.165) is 30.4 Å². The number of aliphatic hydroxyl groups is 1. The molecule has 1 atom stereocenters. The number of benzene rings is 2. The van der Waals surface area contributed by atoms with Gasteiger partial charge in [-0.1, -0.05) is 30.3 Å². The number of hydrogen-bond acceptors (Lipinski definition) is 5. The van der Waals surface area contributed by atoms with Gasteiger partial charge in [-0.2, -0.15) is 4.31 Å². The molecule has 0 saturated carbocycles. The van der Waals surface area contributed by atoms with E-state index in [9.17, 15) is 18.3 Å². The summed E-state index contributed by atoms with van der Waals surface area (Å²) in [6.45, 7) is 6.29. The number of rotatable bonds is 12. The van der Waals surface area contributed by atoms with Crippen LogP contribution in [0.1, 0.15) is 48.9 Å². The molecule has 192 valence electrons. The number of carboxylic acid groups (broad SMARTS) is 1. The zero-order chi connectivity index (χ0) is 25.8. The Kier molecular flexibility index (Phi) is 8.75. The molecule has 3 rings (SSSR count). The Bertz CT molecular complexity index is 1120. The number of carbonyl (C=O) groups is 1. The molecule has 0 bridgehead atoms. The van der Waals surface area contributed by atoms with Crippen molar-refractivity contribution in [2.24, 2.45) is 5.92 Å². The van der Waals surface area contributed by atoms with Gasteiger partial charge in [0.25, 0.3) is 0 Å². The van der Waals surface area contributed by atoms with E-state index >= 15 is 0 Å². The fourth-order valence-corrected chi connectivity index (χ4v) is 6.27. The molecule has 0 saturated heterocycles. The molecule has 0 spiro atoms. The molecule has 0 aromatic heterocycles. The van der Waals surface area contributed by atoms with Crippen LogP contribution in [0.25, 0.3) is 0 Å². The highest BCUT2D eigenvalue weighted by atomic mass is 32.2. The predicted molar refractivity (Wildman–Crippen MR) is 137 cm³/mol. The standard InChI is InChI=1S/C27H38N2O5S/c1-19-13-25(11-9-21(19)10-12-26(31)32)35(33,34)29(4)18-24(30)17-28-27(2,3)16-20-14-22-7-5-6-8-23(22)15-20/h5-9,11,13,20,24,28,30H,10,12,14-18H2,1-4H3,(H,31,32)/t24-/m1/s1. The molecule has 2 aromatic rings. The van der Waals surface area contributed by atoms with Crippen LogP contribution in [0.15, 0.2) is 47.4 Å². The van der Waals surface area contributed by atoms with Gasteiger partial charge >= 0.3 is 5.97 Å². The summed E-state index contributed by atoms with van der Waals surface area (Å²) >= 11 is 0. The molecule has 0 heterocycles. The molecule has 0 aliphatic heterocycles. The van der Waals surface area contributed by atoms with Crippen molar-refractivity contribution in [3.05, 3.63) is 64.7 Å². The molecule has 8 heteroatoms. The summed E-state index contributed by atoms with van der Waals surface area (Å²) < 4.78 is 27.2. The lowest BCUT2D eigenvalue weighted by atomic mass is 9.88. The Morgan fingerprint density at radius 3 is 2.37 bits per heavy atom. The molecule has 1 aliphatic carbocycles. The van der Waals surface area contributed by atoms with E-state index in [-0.39, 0.29) is 23.4 Å². The van der Waals surface area contributed by atoms with Gasteiger partial charge in [0, 0.05) is 32.1 Å². The minimum absolute atomic E-state index is 0.00391. The van der Waals surface area contributed by atoms with Gasteiger partial charge in [0.15, 0.2) is 0 Å². The van der Waals surface area contributed by atoms with Gasteiger partial charge in [0.05, 0.1) is 11.0 Å². The number of fused-ring (bicyclic) bond motifs is 1. The molecule has 0 radical (unpaired) electrons. The number of β-amino-alcohol motifs (C(OH)–C–C–N with tert-alkyl or cyclic N) is 1. The van der Waals surface area contributed by atoms with Gasteiger partial charge in [0.2, 0.25) is 10.0 Å². The van der Waals surface area contributed by atoms with Gasteiger partial charge < -0.3 is 15.5 Å². The third-order valence-electron chi connectivity index (χ3n) is 6.85. The first-order valence-corrected chi connectivity index (χ1v) is 13.6. The number of aliphatic hydroxyl groups excluding tert-OH is 1. The molecule has 2 aromatic carbocycles. The molecular formula is C27H38N2O5S. The van der Waals surface area contributed by atoms with Crippen LogP contribution in [0.5, 0.6) is 0 Å². The third kappa shape index (κ3) is 7.36. The highest BCUT2D eigenvalue weighted by molar-refractivity contribution is 7.89. The average Bonchev–Trinajstić information content (AvgIpc) is 3.18. The maximum atomic E-state index is 13.0. The lowest BCUT2D eigenvalue weighted by Gasteiger charge is -2.31. The van der Waals surface area contributed by atoms with Gasteiger partial charge in [-0.25, -0.2) is 8.42 Å². The molecule has 35 heavy (non-hydrogen) atoms. The largest absolute Gasteiger partial charge is 0.481 e. The monoisotopic (exact) mass is 502 g/mol. The zero-order valence-electron chi connectivity index (χ0n) is 21.1. The van der Waals surface area contributed by atoms with Crippen molar-refractivity contribution in [1.29, 1.82) is 0 Å². The van der Waals surface area contributed by atoms with Crippen molar-refractivity contribution in [2.45, 2.75) is 69.4 Å². The summed E-state index contributed by atoms with van der Waals surface area (Å²) in [6, 6.07) is 13.3. The van der Waals surface area contributed by atoms with E-state index in [1.807, 2.05) is 0 Å².